The van der Waals surface area contributed by atoms with Gasteiger partial charge < -0.3 is 10.3 Å². The van der Waals surface area contributed by atoms with Crippen LogP contribution in [0.5, 0.6) is 0 Å². The number of nitrogens with one attached hydrogen (secondary N) is 2. The zero-order chi connectivity index (χ0) is 16.7. The van der Waals surface area contributed by atoms with Gasteiger partial charge in [0, 0.05) is 34.1 Å². The molecule has 1 aliphatic carbocycles. The van der Waals surface area contributed by atoms with Crippen LogP contribution in [0.2, 0.25) is 0 Å². The zero-order valence-corrected chi connectivity index (χ0v) is 13.5. The number of aromatic amines is 1. The fourth-order valence-electron chi connectivity index (χ4n) is 3.58. The van der Waals surface area contributed by atoms with Gasteiger partial charge in [-0.25, -0.2) is 4.39 Å². The first kappa shape index (κ1) is 14.9. The van der Waals surface area contributed by atoms with E-state index in [0.29, 0.717) is 12.1 Å². The number of carbonyl (C=O) groups is 1. The number of halogens is 1. The molecule has 0 spiro atoms. The van der Waals surface area contributed by atoms with Crippen molar-refractivity contribution in [3.05, 3.63) is 71.2 Å². The Hall–Kier alpha value is -2.62. The molecule has 1 saturated carbocycles. The summed E-state index contributed by atoms with van der Waals surface area (Å²) in [4.78, 5) is 15.8. The van der Waals surface area contributed by atoms with Crippen molar-refractivity contribution in [2.75, 3.05) is 6.54 Å². The lowest BCUT2D eigenvalue weighted by molar-refractivity contribution is 0.0949. The summed E-state index contributed by atoms with van der Waals surface area (Å²) >= 11 is 0. The molecule has 0 bridgehead atoms. The van der Waals surface area contributed by atoms with Gasteiger partial charge in [0.15, 0.2) is 0 Å². The minimum absolute atomic E-state index is 0.0133. The highest BCUT2D eigenvalue weighted by molar-refractivity contribution is 5.94. The first-order valence-corrected chi connectivity index (χ1v) is 8.21. The fraction of sp³-hybridized carbons (Fsp3) is 0.250. The molecule has 1 fully saturated rings. The van der Waals surface area contributed by atoms with E-state index in [-0.39, 0.29) is 17.1 Å². The monoisotopic (exact) mass is 322 g/mol. The molecule has 0 aliphatic heterocycles. The Morgan fingerprint density at radius 3 is 2.58 bits per heavy atom. The van der Waals surface area contributed by atoms with Crippen LogP contribution in [-0.2, 0) is 5.41 Å². The summed E-state index contributed by atoms with van der Waals surface area (Å²) in [6.45, 7) is 2.70. The normalized spacial score (nSPS) is 15.4. The average Bonchev–Trinajstić information content (AvgIpc) is 3.28. The molecule has 0 radical (unpaired) electrons. The number of H-pyrrole nitrogens is 1. The van der Waals surface area contributed by atoms with E-state index in [1.807, 2.05) is 12.1 Å². The Morgan fingerprint density at radius 2 is 1.88 bits per heavy atom. The molecule has 0 atom stereocenters. The molecular formula is C20H19FN2O. The van der Waals surface area contributed by atoms with Crippen molar-refractivity contribution in [2.24, 2.45) is 0 Å². The van der Waals surface area contributed by atoms with Crippen LogP contribution in [-0.4, -0.2) is 17.4 Å². The molecule has 2 N–H and O–H groups in total. The molecule has 4 heteroatoms. The van der Waals surface area contributed by atoms with Gasteiger partial charge in [-0.15, -0.1) is 0 Å². The van der Waals surface area contributed by atoms with Crippen LogP contribution in [0.3, 0.4) is 0 Å². The molecular weight excluding hydrogens is 303 g/mol. The maximum absolute atomic E-state index is 13.0. The Kier molecular flexibility index (Phi) is 3.41. The Bertz CT molecular complexity index is 907. The van der Waals surface area contributed by atoms with Gasteiger partial charge in [0.25, 0.3) is 5.91 Å². The number of carbonyl (C=O) groups excluding carboxylic acids is 1. The van der Waals surface area contributed by atoms with Gasteiger partial charge in [0.05, 0.1) is 0 Å². The number of rotatable bonds is 4. The predicted octanol–water partition coefficient (Wildman–Crippen LogP) is 4.08. The quantitative estimate of drug-likeness (QED) is 0.747. The number of fused-ring (bicyclic) bond motifs is 1. The van der Waals surface area contributed by atoms with Crippen molar-refractivity contribution in [2.45, 2.75) is 25.2 Å². The van der Waals surface area contributed by atoms with Crippen LogP contribution >= 0.6 is 0 Å². The topological polar surface area (TPSA) is 44.9 Å². The molecule has 122 valence electrons. The second kappa shape index (κ2) is 5.48. The lowest BCUT2D eigenvalue weighted by atomic mass is 9.93. The van der Waals surface area contributed by atoms with Crippen molar-refractivity contribution in [3.8, 4) is 0 Å². The Balaban J connectivity index is 1.57. The third-order valence-corrected chi connectivity index (χ3v) is 4.97. The maximum Gasteiger partial charge on any atom is 0.251 e. The summed E-state index contributed by atoms with van der Waals surface area (Å²) in [6, 6.07) is 13.9. The van der Waals surface area contributed by atoms with Crippen molar-refractivity contribution in [3.63, 3.8) is 0 Å². The molecule has 2 aromatic carbocycles. The van der Waals surface area contributed by atoms with Gasteiger partial charge >= 0.3 is 0 Å². The number of benzene rings is 2. The smallest absolute Gasteiger partial charge is 0.251 e. The predicted molar refractivity (Wildman–Crippen MR) is 92.7 cm³/mol. The van der Waals surface area contributed by atoms with Crippen LogP contribution in [0, 0.1) is 12.7 Å². The number of aryl methyl sites for hydroxylation is 1. The van der Waals surface area contributed by atoms with Gasteiger partial charge in [-0.2, -0.15) is 0 Å². The van der Waals surface area contributed by atoms with E-state index in [2.05, 4.69) is 29.4 Å². The number of amides is 1. The van der Waals surface area contributed by atoms with Crippen LogP contribution < -0.4 is 5.32 Å². The van der Waals surface area contributed by atoms with Gasteiger partial charge in [-0.05, 0) is 55.7 Å². The Labute approximate surface area is 139 Å². The average molecular weight is 322 g/mol. The van der Waals surface area contributed by atoms with E-state index in [1.54, 1.807) is 0 Å². The third-order valence-electron chi connectivity index (χ3n) is 4.97. The highest BCUT2D eigenvalue weighted by Gasteiger charge is 2.46. The maximum atomic E-state index is 13.0. The van der Waals surface area contributed by atoms with E-state index in [4.69, 9.17) is 0 Å². The second-order valence-corrected chi connectivity index (χ2v) is 6.64. The highest BCUT2D eigenvalue weighted by atomic mass is 19.1. The molecule has 1 aliphatic rings. The number of aromatic nitrogens is 1. The van der Waals surface area contributed by atoms with Gasteiger partial charge in [-0.1, -0.05) is 18.2 Å². The van der Waals surface area contributed by atoms with Crippen molar-refractivity contribution < 1.29 is 9.18 Å². The fourth-order valence-corrected chi connectivity index (χ4v) is 3.58. The van der Waals surface area contributed by atoms with Gasteiger partial charge in [-0.3, -0.25) is 4.79 Å². The van der Waals surface area contributed by atoms with Crippen molar-refractivity contribution in [1.82, 2.24) is 10.3 Å². The number of hydrogen-bond donors (Lipinski definition) is 2. The van der Waals surface area contributed by atoms with Crippen LogP contribution in [0.15, 0.2) is 48.5 Å². The summed E-state index contributed by atoms with van der Waals surface area (Å²) in [5.41, 5.74) is 4.13. The molecule has 1 amide bonds. The van der Waals surface area contributed by atoms with Crippen molar-refractivity contribution in [1.29, 1.82) is 0 Å². The number of para-hydroxylation sites is 1. The molecule has 0 unspecified atom stereocenters. The summed E-state index contributed by atoms with van der Waals surface area (Å²) in [6.07, 6.45) is 2.14. The molecule has 0 saturated heterocycles. The lowest BCUT2D eigenvalue weighted by Gasteiger charge is -2.17. The van der Waals surface area contributed by atoms with E-state index < -0.39 is 0 Å². The first-order chi connectivity index (χ1) is 11.6. The van der Waals surface area contributed by atoms with Crippen molar-refractivity contribution >= 4 is 16.8 Å². The molecule has 4 rings (SSSR count). The van der Waals surface area contributed by atoms with Crippen LogP contribution in [0.1, 0.15) is 34.5 Å². The minimum atomic E-state index is -0.334. The Morgan fingerprint density at radius 1 is 1.17 bits per heavy atom. The zero-order valence-electron chi connectivity index (χ0n) is 13.5. The number of hydrogen-bond acceptors (Lipinski definition) is 1. The summed E-state index contributed by atoms with van der Waals surface area (Å²) < 4.78 is 13.0. The third kappa shape index (κ3) is 2.48. The lowest BCUT2D eigenvalue weighted by Crippen LogP contribution is -2.32. The summed E-state index contributed by atoms with van der Waals surface area (Å²) in [5.74, 6) is -0.488. The second-order valence-electron chi connectivity index (χ2n) is 6.64. The SMILES string of the molecule is Cc1[nH]c2ccccc2c1C1(CNC(=O)c2ccc(F)cc2)CC1. The standard InChI is InChI=1S/C20H19FN2O/c1-13-18(16-4-2-3-5-17(16)23-13)20(10-11-20)12-22-19(24)14-6-8-15(21)9-7-14/h2-9,23H,10-12H2,1H3,(H,22,24). The molecule has 1 heterocycles. The molecule has 1 aromatic heterocycles. The summed E-state index contributed by atoms with van der Waals surface area (Å²) in [7, 11) is 0. The van der Waals surface area contributed by atoms with E-state index in [9.17, 15) is 9.18 Å². The van der Waals surface area contributed by atoms with E-state index in [1.165, 1.54) is 40.9 Å². The molecule has 3 nitrogen and oxygen atoms in total. The van der Waals surface area contributed by atoms with Crippen LogP contribution in [0.25, 0.3) is 10.9 Å². The van der Waals surface area contributed by atoms with E-state index >= 15 is 0 Å². The summed E-state index contributed by atoms with van der Waals surface area (Å²) in [5, 5.41) is 4.27. The first-order valence-electron chi connectivity index (χ1n) is 8.21. The largest absolute Gasteiger partial charge is 0.358 e. The van der Waals surface area contributed by atoms with E-state index in [0.717, 1.165) is 18.4 Å². The minimum Gasteiger partial charge on any atom is -0.358 e. The van der Waals surface area contributed by atoms with Gasteiger partial charge in [0.1, 0.15) is 5.82 Å². The van der Waals surface area contributed by atoms with Gasteiger partial charge in [0.2, 0.25) is 0 Å². The highest BCUT2D eigenvalue weighted by Crippen LogP contribution is 2.51. The molecule has 24 heavy (non-hydrogen) atoms. The molecule has 3 aromatic rings. The van der Waals surface area contributed by atoms with Crippen LogP contribution in [0.4, 0.5) is 4.39 Å².